The molecule has 588 valence electrons. The number of hydrogen-bond donors (Lipinski definition) is 3. The van der Waals surface area contributed by atoms with Gasteiger partial charge in [0.05, 0.1) is 26.4 Å². The van der Waals surface area contributed by atoms with E-state index in [0.717, 1.165) is 102 Å². The molecule has 0 aliphatic carbocycles. The van der Waals surface area contributed by atoms with Crippen molar-refractivity contribution in [2.75, 3.05) is 39.6 Å². The molecule has 0 bridgehead atoms. The summed E-state index contributed by atoms with van der Waals surface area (Å²) in [6.45, 7) is 7.27. The van der Waals surface area contributed by atoms with Crippen LogP contribution in [0, 0.1) is 5.92 Å². The number of carbonyl (C=O) groups is 4. The van der Waals surface area contributed by atoms with Crippen molar-refractivity contribution in [2.24, 2.45) is 5.92 Å². The monoisotopic (exact) mass is 1450 g/mol. The standard InChI is InChI=1S/C80H156O17P2/c1-6-9-12-15-17-19-21-23-25-27-29-33-37-41-45-49-54-59-64-78(83)91-70-76(97-80(85)66-61-56-51-47-43-39-35-31-30-32-36-40-44-48-53-57-62-73(4)5)72-95-99(88,89)93-68-74(81)67-92-98(86,87)94-71-75(69-90-77(82)63-58-52-14-11-8-3)96-79(84)65-60-55-50-46-42-38-34-28-26-24-22-20-18-16-13-10-7-2/h73-76,81H,6-72H2,1-5H3,(H,86,87)(H,88,89)/t74-,75+,76+/m0/s1. The molecule has 0 rings (SSSR count). The minimum Gasteiger partial charge on any atom is -0.462 e. The van der Waals surface area contributed by atoms with Crippen molar-refractivity contribution in [3.8, 4) is 0 Å². The summed E-state index contributed by atoms with van der Waals surface area (Å²) in [6, 6.07) is 0. The number of hydrogen-bond acceptors (Lipinski definition) is 15. The van der Waals surface area contributed by atoms with Gasteiger partial charge in [-0.05, 0) is 31.6 Å². The van der Waals surface area contributed by atoms with Crippen molar-refractivity contribution >= 4 is 39.5 Å². The highest BCUT2D eigenvalue weighted by Gasteiger charge is 2.30. The summed E-state index contributed by atoms with van der Waals surface area (Å²) in [7, 11) is -9.91. The van der Waals surface area contributed by atoms with Crippen LogP contribution in [-0.2, 0) is 65.4 Å². The Morgan fingerprint density at radius 1 is 0.273 bits per heavy atom. The number of ether oxygens (including phenoxy) is 4. The second kappa shape index (κ2) is 73.0. The number of aliphatic hydroxyl groups is 1. The quantitative estimate of drug-likeness (QED) is 0.0222. The van der Waals surface area contributed by atoms with Crippen LogP contribution in [-0.4, -0.2) is 96.7 Å². The average molecular weight is 1450 g/mol. The van der Waals surface area contributed by atoms with Gasteiger partial charge >= 0.3 is 39.5 Å². The average Bonchev–Trinajstić information content (AvgIpc) is 1.03. The van der Waals surface area contributed by atoms with Crippen molar-refractivity contribution in [2.45, 2.75) is 445 Å². The molecule has 0 aromatic heterocycles. The van der Waals surface area contributed by atoms with Crippen LogP contribution >= 0.6 is 15.6 Å². The fraction of sp³-hybridized carbons (Fsp3) is 0.950. The van der Waals surface area contributed by atoms with Crippen molar-refractivity contribution in [3.63, 3.8) is 0 Å². The van der Waals surface area contributed by atoms with Crippen LogP contribution in [0.1, 0.15) is 426 Å². The van der Waals surface area contributed by atoms with Crippen molar-refractivity contribution < 1.29 is 80.2 Å². The highest BCUT2D eigenvalue weighted by molar-refractivity contribution is 7.47. The number of esters is 4. The molecule has 0 fully saturated rings. The molecule has 99 heavy (non-hydrogen) atoms. The van der Waals surface area contributed by atoms with E-state index in [2.05, 4.69) is 34.6 Å². The van der Waals surface area contributed by atoms with E-state index < -0.39 is 97.5 Å². The van der Waals surface area contributed by atoms with Gasteiger partial charge in [0.15, 0.2) is 12.2 Å². The van der Waals surface area contributed by atoms with E-state index in [0.29, 0.717) is 25.7 Å². The first kappa shape index (κ1) is 97.1. The number of carbonyl (C=O) groups excluding carboxylic acids is 4. The normalized spacial score (nSPS) is 13.9. The Hall–Kier alpha value is -1.94. The van der Waals surface area contributed by atoms with Gasteiger partial charge in [0, 0.05) is 25.7 Å². The molecule has 0 saturated carbocycles. The summed E-state index contributed by atoms with van der Waals surface area (Å²) >= 11 is 0. The summed E-state index contributed by atoms with van der Waals surface area (Å²) < 4.78 is 68.5. The van der Waals surface area contributed by atoms with Crippen LogP contribution in [0.2, 0.25) is 0 Å². The minimum absolute atomic E-state index is 0.108. The molecule has 0 aromatic rings. The Morgan fingerprint density at radius 3 is 0.687 bits per heavy atom. The van der Waals surface area contributed by atoms with Crippen LogP contribution in [0.15, 0.2) is 0 Å². The first-order valence-electron chi connectivity index (χ1n) is 41.6. The van der Waals surface area contributed by atoms with Crippen molar-refractivity contribution in [1.29, 1.82) is 0 Å². The predicted molar refractivity (Wildman–Crippen MR) is 405 cm³/mol. The molecule has 0 heterocycles. The summed E-state index contributed by atoms with van der Waals surface area (Å²) in [5.41, 5.74) is 0. The predicted octanol–water partition coefficient (Wildman–Crippen LogP) is 24.0. The van der Waals surface area contributed by atoms with Gasteiger partial charge in [-0.25, -0.2) is 9.13 Å². The van der Waals surface area contributed by atoms with E-state index >= 15 is 0 Å². The molecule has 5 atom stereocenters. The van der Waals surface area contributed by atoms with E-state index in [1.54, 1.807) is 0 Å². The highest BCUT2D eigenvalue weighted by atomic mass is 31.2. The Kier molecular flexibility index (Phi) is 71.6. The molecule has 0 amide bonds. The van der Waals surface area contributed by atoms with Crippen LogP contribution in [0.25, 0.3) is 0 Å². The van der Waals surface area contributed by atoms with Crippen molar-refractivity contribution in [3.05, 3.63) is 0 Å². The van der Waals surface area contributed by atoms with E-state index in [9.17, 15) is 43.2 Å². The molecule has 19 heteroatoms. The Bertz CT molecular complexity index is 1890. The molecule has 3 N–H and O–H groups in total. The van der Waals surface area contributed by atoms with Gasteiger partial charge in [-0.3, -0.25) is 37.3 Å². The maximum absolute atomic E-state index is 13.1. The van der Waals surface area contributed by atoms with E-state index in [-0.39, 0.29) is 25.7 Å². The zero-order valence-corrected chi connectivity index (χ0v) is 66.4. The smallest absolute Gasteiger partial charge is 0.462 e. The van der Waals surface area contributed by atoms with Crippen LogP contribution in [0.4, 0.5) is 0 Å². The van der Waals surface area contributed by atoms with Gasteiger partial charge in [-0.2, -0.15) is 0 Å². The molecule has 0 radical (unpaired) electrons. The third kappa shape index (κ3) is 74.1. The van der Waals surface area contributed by atoms with Crippen molar-refractivity contribution in [1.82, 2.24) is 0 Å². The summed E-state index contributed by atoms with van der Waals surface area (Å²) in [5.74, 6) is -1.31. The molecule has 0 spiro atoms. The van der Waals surface area contributed by atoms with Gasteiger partial charge in [0.25, 0.3) is 0 Å². The second-order valence-corrected chi connectivity index (χ2v) is 32.2. The van der Waals surface area contributed by atoms with Crippen LogP contribution in [0.3, 0.4) is 0 Å². The lowest BCUT2D eigenvalue weighted by Crippen LogP contribution is -2.30. The molecule has 2 unspecified atom stereocenters. The number of aliphatic hydroxyl groups excluding tert-OH is 1. The van der Waals surface area contributed by atoms with Crippen LogP contribution in [0.5, 0.6) is 0 Å². The fourth-order valence-corrected chi connectivity index (χ4v) is 14.0. The SMILES string of the molecule is CCCCCCCCCCCCCCCCCCCCC(=O)OC[C@H](COP(=O)(O)OC[C@@H](O)COP(=O)(O)OC[C@@H](COC(=O)CCCCCCC)OC(=O)CCCCCCCCCCCCCCCCCCC)OC(=O)CCCCCCCCCCCCCCCCCCC(C)C. The highest BCUT2D eigenvalue weighted by Crippen LogP contribution is 2.45. The Labute approximate surface area is 607 Å². The molecule has 0 aliphatic rings. The lowest BCUT2D eigenvalue weighted by Gasteiger charge is -2.21. The molecule has 17 nitrogen and oxygen atoms in total. The van der Waals surface area contributed by atoms with Gasteiger partial charge in [0.1, 0.15) is 19.3 Å². The second-order valence-electron chi connectivity index (χ2n) is 29.3. The lowest BCUT2D eigenvalue weighted by molar-refractivity contribution is -0.161. The summed E-state index contributed by atoms with van der Waals surface area (Å²) in [4.78, 5) is 72.7. The summed E-state index contributed by atoms with van der Waals surface area (Å²) in [5, 5.41) is 10.6. The maximum atomic E-state index is 13.1. The van der Waals surface area contributed by atoms with E-state index in [1.165, 1.54) is 244 Å². The number of rotatable bonds is 80. The minimum atomic E-state index is -4.96. The molecule has 0 saturated heterocycles. The van der Waals surface area contributed by atoms with Gasteiger partial charge in [0.2, 0.25) is 0 Å². The zero-order valence-electron chi connectivity index (χ0n) is 64.6. The number of phosphoric acid groups is 2. The maximum Gasteiger partial charge on any atom is 0.472 e. The zero-order chi connectivity index (χ0) is 72.7. The van der Waals surface area contributed by atoms with Gasteiger partial charge in [-0.15, -0.1) is 0 Å². The largest absolute Gasteiger partial charge is 0.472 e. The Balaban J connectivity index is 5.12. The third-order valence-corrected chi connectivity index (χ3v) is 20.7. The van der Waals surface area contributed by atoms with Gasteiger partial charge < -0.3 is 33.8 Å². The third-order valence-electron chi connectivity index (χ3n) is 18.8. The molecular formula is C80H156O17P2. The first-order chi connectivity index (χ1) is 48.0. The number of phosphoric ester groups is 2. The molecule has 0 aliphatic heterocycles. The van der Waals surface area contributed by atoms with E-state index in [4.69, 9.17) is 37.0 Å². The lowest BCUT2D eigenvalue weighted by atomic mass is 10.0. The van der Waals surface area contributed by atoms with Gasteiger partial charge in [-0.1, -0.05) is 375 Å². The summed E-state index contributed by atoms with van der Waals surface area (Å²) in [6.07, 6.45) is 64.3. The molecular weight excluding hydrogens is 1290 g/mol. The fourth-order valence-electron chi connectivity index (χ4n) is 12.4. The topological polar surface area (TPSA) is 237 Å². The number of unbranched alkanes of at least 4 members (excludes halogenated alkanes) is 52. The van der Waals surface area contributed by atoms with Crippen LogP contribution < -0.4 is 0 Å². The Morgan fingerprint density at radius 2 is 0.465 bits per heavy atom. The first-order valence-corrected chi connectivity index (χ1v) is 44.6. The van der Waals surface area contributed by atoms with E-state index in [1.807, 2.05) is 0 Å². The molecule has 0 aromatic carbocycles.